The third-order valence-corrected chi connectivity index (χ3v) is 2.76. The van der Waals surface area contributed by atoms with E-state index in [1.165, 1.54) is 13.3 Å². The maximum Gasteiger partial charge on any atom is 0.376 e. The number of methoxy groups -OCH3 is 1. The Kier molecular flexibility index (Phi) is 3.72. The molecule has 1 heterocycles. The number of hydrogen-bond acceptors (Lipinski definition) is 6. The monoisotopic (exact) mass is 246 g/mol. The van der Waals surface area contributed by atoms with Gasteiger partial charge in [-0.3, -0.25) is 0 Å². The summed E-state index contributed by atoms with van der Waals surface area (Å²) in [7, 11) is 1.30. The molecule has 6 nitrogen and oxygen atoms in total. The molecule has 1 aliphatic rings. The highest BCUT2D eigenvalue weighted by Gasteiger charge is 2.30. The third kappa shape index (κ3) is 2.74. The Morgan fingerprint density at radius 1 is 1.67 bits per heavy atom. The fraction of sp³-hybridized carbons (Fsp3) is 0.500. The molecule has 94 valence electrons. The van der Waals surface area contributed by atoms with Crippen molar-refractivity contribution in [3.05, 3.63) is 18.1 Å². The average Bonchev–Trinajstić information content (AvgIpc) is 3.23. The Morgan fingerprint density at radius 3 is 3.06 bits per heavy atom. The van der Waals surface area contributed by atoms with E-state index in [4.69, 9.17) is 5.26 Å². The summed E-state index contributed by atoms with van der Waals surface area (Å²) in [6, 6.07) is 4.30. The second-order valence-corrected chi connectivity index (χ2v) is 4.06. The Balaban J connectivity index is 2.19. The summed E-state index contributed by atoms with van der Waals surface area (Å²) in [5.41, 5.74) is 0. The lowest BCUT2D eigenvalue weighted by Gasteiger charge is -2.22. The second-order valence-electron chi connectivity index (χ2n) is 4.06. The Labute approximate surface area is 105 Å². The van der Waals surface area contributed by atoms with Crippen molar-refractivity contribution in [3.63, 3.8) is 0 Å². The number of nitriles is 1. The van der Waals surface area contributed by atoms with Crippen LogP contribution in [-0.4, -0.2) is 35.6 Å². The van der Waals surface area contributed by atoms with E-state index in [1.807, 2.05) is 0 Å². The van der Waals surface area contributed by atoms with Gasteiger partial charge in [-0.25, -0.2) is 14.8 Å². The van der Waals surface area contributed by atoms with Crippen LogP contribution >= 0.6 is 0 Å². The lowest BCUT2D eigenvalue weighted by Crippen LogP contribution is -2.28. The first-order valence-corrected chi connectivity index (χ1v) is 5.81. The van der Waals surface area contributed by atoms with Crippen molar-refractivity contribution in [2.45, 2.75) is 25.3 Å². The van der Waals surface area contributed by atoms with E-state index in [0.717, 1.165) is 12.8 Å². The molecule has 1 fully saturated rings. The zero-order valence-corrected chi connectivity index (χ0v) is 10.2. The molecule has 0 unspecified atom stereocenters. The molecule has 18 heavy (non-hydrogen) atoms. The highest BCUT2D eigenvalue weighted by molar-refractivity contribution is 5.85. The molecule has 0 radical (unpaired) electrons. The van der Waals surface area contributed by atoms with Crippen LogP contribution in [0, 0.1) is 11.3 Å². The van der Waals surface area contributed by atoms with E-state index in [-0.39, 0.29) is 5.82 Å². The van der Waals surface area contributed by atoms with E-state index < -0.39 is 5.97 Å². The molecule has 0 aromatic carbocycles. The van der Waals surface area contributed by atoms with Gasteiger partial charge in [-0.2, -0.15) is 5.26 Å². The molecule has 1 aromatic rings. The van der Waals surface area contributed by atoms with E-state index in [0.29, 0.717) is 24.8 Å². The van der Waals surface area contributed by atoms with Crippen molar-refractivity contribution in [2.75, 3.05) is 18.6 Å². The normalized spacial score (nSPS) is 13.8. The van der Waals surface area contributed by atoms with Gasteiger partial charge in [0, 0.05) is 18.8 Å². The Hall–Kier alpha value is -2.16. The van der Waals surface area contributed by atoms with Crippen LogP contribution in [0.1, 0.15) is 29.9 Å². The minimum absolute atomic E-state index is 0.0533. The van der Waals surface area contributed by atoms with Gasteiger partial charge in [-0.1, -0.05) is 0 Å². The molecule has 0 atom stereocenters. The summed E-state index contributed by atoms with van der Waals surface area (Å²) < 4.78 is 4.59. The van der Waals surface area contributed by atoms with E-state index in [9.17, 15) is 4.79 Å². The number of nitrogens with zero attached hydrogens (tertiary/aromatic N) is 4. The summed E-state index contributed by atoms with van der Waals surface area (Å²) in [5, 5.41) is 8.66. The zero-order chi connectivity index (χ0) is 13.0. The maximum atomic E-state index is 11.4. The van der Waals surface area contributed by atoms with Gasteiger partial charge in [0.25, 0.3) is 0 Å². The van der Waals surface area contributed by atoms with Crippen LogP contribution in [0.3, 0.4) is 0 Å². The van der Waals surface area contributed by atoms with Gasteiger partial charge in [0.1, 0.15) is 5.82 Å². The summed E-state index contributed by atoms with van der Waals surface area (Å²) in [6.45, 7) is 0.624. The lowest BCUT2D eigenvalue weighted by molar-refractivity contribution is 0.0586. The SMILES string of the molecule is COC(=O)c1nccc(N(CCC#N)C2CC2)n1. The summed E-state index contributed by atoms with van der Waals surface area (Å²) in [4.78, 5) is 21.5. The molecule has 1 aromatic heterocycles. The van der Waals surface area contributed by atoms with Crippen molar-refractivity contribution in [1.29, 1.82) is 5.26 Å². The van der Waals surface area contributed by atoms with E-state index >= 15 is 0 Å². The molecule has 1 aliphatic carbocycles. The number of esters is 1. The van der Waals surface area contributed by atoms with Gasteiger partial charge in [0.05, 0.1) is 19.6 Å². The van der Waals surface area contributed by atoms with Gasteiger partial charge < -0.3 is 9.64 Å². The fourth-order valence-corrected chi connectivity index (χ4v) is 1.74. The van der Waals surface area contributed by atoms with Crippen LogP contribution in [-0.2, 0) is 4.74 Å². The summed E-state index contributed by atoms with van der Waals surface area (Å²) in [5.74, 6) is 0.189. The topological polar surface area (TPSA) is 79.1 Å². The highest BCUT2D eigenvalue weighted by atomic mass is 16.5. The van der Waals surface area contributed by atoms with Crippen molar-refractivity contribution < 1.29 is 9.53 Å². The largest absolute Gasteiger partial charge is 0.463 e. The van der Waals surface area contributed by atoms with E-state index in [2.05, 4.69) is 25.7 Å². The molecule has 0 N–H and O–H groups in total. The molecule has 0 saturated heterocycles. The fourth-order valence-electron chi connectivity index (χ4n) is 1.74. The third-order valence-electron chi connectivity index (χ3n) is 2.76. The van der Waals surface area contributed by atoms with Gasteiger partial charge in [0.2, 0.25) is 5.82 Å². The predicted molar refractivity (Wildman–Crippen MR) is 64.0 cm³/mol. The Morgan fingerprint density at radius 2 is 2.44 bits per heavy atom. The minimum Gasteiger partial charge on any atom is -0.463 e. The number of anilines is 1. The van der Waals surface area contributed by atoms with Crippen LogP contribution in [0.4, 0.5) is 5.82 Å². The average molecular weight is 246 g/mol. The molecule has 2 rings (SSSR count). The molecule has 0 bridgehead atoms. The number of carbonyl (C=O) groups excluding carboxylic acids is 1. The first kappa shape index (κ1) is 12.3. The molecule has 1 saturated carbocycles. The molecule has 0 amide bonds. The quantitative estimate of drug-likeness (QED) is 0.725. The first-order valence-electron chi connectivity index (χ1n) is 5.81. The summed E-state index contributed by atoms with van der Waals surface area (Å²) >= 11 is 0. The van der Waals surface area contributed by atoms with Crippen LogP contribution in [0.25, 0.3) is 0 Å². The predicted octanol–water partition coefficient (Wildman–Crippen LogP) is 1.15. The molecule has 6 heteroatoms. The molecule has 0 spiro atoms. The van der Waals surface area contributed by atoms with E-state index in [1.54, 1.807) is 6.07 Å². The van der Waals surface area contributed by atoms with Gasteiger partial charge in [-0.15, -0.1) is 0 Å². The summed E-state index contributed by atoms with van der Waals surface area (Å²) in [6.07, 6.45) is 4.18. The number of carbonyl (C=O) groups is 1. The van der Waals surface area contributed by atoms with Crippen LogP contribution < -0.4 is 4.90 Å². The Bertz CT molecular complexity index is 479. The first-order chi connectivity index (χ1) is 8.76. The highest BCUT2D eigenvalue weighted by Crippen LogP contribution is 2.30. The number of aromatic nitrogens is 2. The van der Waals surface area contributed by atoms with Gasteiger partial charge >= 0.3 is 5.97 Å². The van der Waals surface area contributed by atoms with Crippen molar-refractivity contribution in [3.8, 4) is 6.07 Å². The van der Waals surface area contributed by atoms with Crippen LogP contribution in [0.2, 0.25) is 0 Å². The van der Waals surface area contributed by atoms with Crippen molar-refractivity contribution >= 4 is 11.8 Å². The minimum atomic E-state index is -0.548. The second kappa shape index (κ2) is 5.45. The lowest BCUT2D eigenvalue weighted by atomic mass is 10.3. The smallest absolute Gasteiger partial charge is 0.376 e. The van der Waals surface area contributed by atoms with Gasteiger partial charge in [-0.05, 0) is 18.9 Å². The van der Waals surface area contributed by atoms with Crippen LogP contribution in [0.5, 0.6) is 0 Å². The number of rotatable bonds is 5. The van der Waals surface area contributed by atoms with Crippen molar-refractivity contribution in [1.82, 2.24) is 9.97 Å². The zero-order valence-electron chi connectivity index (χ0n) is 10.2. The van der Waals surface area contributed by atoms with Gasteiger partial charge in [0.15, 0.2) is 0 Å². The molecule has 0 aliphatic heterocycles. The van der Waals surface area contributed by atoms with Crippen LogP contribution in [0.15, 0.2) is 12.3 Å². The molecular weight excluding hydrogens is 232 g/mol. The standard InChI is InChI=1S/C12H14N4O2/c1-18-12(17)11-14-7-5-10(15-11)16(8-2-6-13)9-3-4-9/h5,7,9H,2-4,8H2,1H3. The van der Waals surface area contributed by atoms with Crippen molar-refractivity contribution in [2.24, 2.45) is 0 Å². The number of hydrogen-bond donors (Lipinski definition) is 0. The molecular formula is C12H14N4O2. The maximum absolute atomic E-state index is 11.4. The number of ether oxygens (including phenoxy) is 1.